The maximum absolute atomic E-state index is 12.9. The molecule has 0 atom stereocenters. The third-order valence-corrected chi connectivity index (χ3v) is 8.04. The second-order valence-electron chi connectivity index (χ2n) is 12.2. The van der Waals surface area contributed by atoms with Crippen molar-refractivity contribution in [1.82, 2.24) is 19.4 Å². The van der Waals surface area contributed by atoms with E-state index in [0.717, 1.165) is 96.2 Å². The van der Waals surface area contributed by atoms with Gasteiger partial charge in [-0.25, -0.2) is 0 Å². The van der Waals surface area contributed by atoms with Crippen LogP contribution in [0, 0.1) is 6.92 Å². The number of benzene rings is 2. The van der Waals surface area contributed by atoms with Crippen molar-refractivity contribution in [2.45, 2.75) is 52.4 Å². The van der Waals surface area contributed by atoms with Gasteiger partial charge in [0.2, 0.25) is 0 Å². The zero-order chi connectivity index (χ0) is 30.8. The molecule has 6 rings (SSSR count). The van der Waals surface area contributed by atoms with Crippen LogP contribution in [0.3, 0.4) is 0 Å². The van der Waals surface area contributed by atoms with E-state index in [1.165, 1.54) is 11.1 Å². The number of aromatic nitrogens is 2. The second-order valence-corrected chi connectivity index (χ2v) is 12.2. The summed E-state index contributed by atoms with van der Waals surface area (Å²) in [5, 5.41) is 18.9. The quantitative estimate of drug-likeness (QED) is 0.268. The van der Waals surface area contributed by atoms with Crippen molar-refractivity contribution in [2.75, 3.05) is 59.0 Å². The minimum atomic E-state index is -0.0545. The van der Waals surface area contributed by atoms with Crippen molar-refractivity contribution >= 4 is 33.2 Å². The number of rotatable bonds is 6. The number of aromatic amines is 1. The summed E-state index contributed by atoms with van der Waals surface area (Å²) < 4.78 is 7.07. The number of hydrogen-bond acceptors (Lipinski definition) is 8. The molecule has 0 saturated heterocycles. The summed E-state index contributed by atoms with van der Waals surface area (Å²) in [6.45, 7) is 5.74. The SMILES string of the molecule is CN(C)Cc1cc(O)c2c3c(c(=O)[nH]c2c1)CCCN3.COCn1c(=O)c2c(c3c(C)cc(CN(C)C)cc31)NCCC2. The molecule has 4 N–H and O–H groups in total. The molecule has 0 bridgehead atoms. The zero-order valence-electron chi connectivity index (χ0n) is 26.2. The Kier molecular flexibility index (Phi) is 9.10. The van der Waals surface area contributed by atoms with E-state index in [1.807, 2.05) is 25.1 Å². The molecule has 0 fully saturated rings. The van der Waals surface area contributed by atoms with Gasteiger partial charge in [0.25, 0.3) is 11.1 Å². The largest absolute Gasteiger partial charge is 0.507 e. The van der Waals surface area contributed by atoms with E-state index >= 15 is 0 Å². The number of pyridine rings is 2. The van der Waals surface area contributed by atoms with Crippen LogP contribution in [0.25, 0.3) is 21.8 Å². The minimum absolute atomic E-state index is 0.0545. The second kappa shape index (κ2) is 12.8. The van der Waals surface area contributed by atoms with E-state index in [-0.39, 0.29) is 23.6 Å². The molecule has 0 amide bonds. The number of methoxy groups -OCH3 is 1. The molecular weight excluding hydrogens is 544 g/mol. The van der Waals surface area contributed by atoms with Crippen molar-refractivity contribution in [3.63, 3.8) is 0 Å². The van der Waals surface area contributed by atoms with Crippen LogP contribution in [0.5, 0.6) is 5.75 Å². The van der Waals surface area contributed by atoms with Crippen LogP contribution in [-0.2, 0) is 37.4 Å². The van der Waals surface area contributed by atoms with E-state index in [2.05, 4.69) is 53.7 Å². The number of phenols is 1. The fraction of sp³-hybridized carbons (Fsp3) is 0.455. The molecule has 0 aliphatic carbocycles. The summed E-state index contributed by atoms with van der Waals surface area (Å²) in [7, 11) is 9.68. The summed E-state index contributed by atoms with van der Waals surface area (Å²) in [5.41, 5.74) is 8.53. The number of ether oxygens (including phenoxy) is 1. The smallest absolute Gasteiger partial charge is 0.258 e. The van der Waals surface area contributed by atoms with Gasteiger partial charge in [-0.05, 0) is 95.7 Å². The van der Waals surface area contributed by atoms with E-state index in [9.17, 15) is 14.7 Å². The summed E-state index contributed by atoms with van der Waals surface area (Å²) >= 11 is 0. The highest BCUT2D eigenvalue weighted by molar-refractivity contribution is 5.98. The molecule has 0 saturated carbocycles. The number of aryl methyl sites for hydroxylation is 1. The predicted octanol–water partition coefficient (Wildman–Crippen LogP) is 3.99. The number of anilines is 2. The highest BCUT2D eigenvalue weighted by Gasteiger charge is 2.22. The van der Waals surface area contributed by atoms with Crippen molar-refractivity contribution in [3.8, 4) is 5.75 Å². The van der Waals surface area contributed by atoms with Gasteiger partial charge in [-0.1, -0.05) is 6.07 Å². The average molecular weight is 589 g/mol. The standard InChI is InChI=1S/C18H25N3O2.C15H19N3O2/c1-12-8-13(10-20(2)3)9-15-16(12)17-14(6-5-7-19-17)18(22)21(15)11-23-4;1-18(2)8-9-6-11-13(12(19)7-9)14-10(15(20)17-11)4-3-5-16-14/h8-9,19H,5-7,10-11H2,1-4H3;6-7,16,19H,3-5,8H2,1-2H3,(H,17,20). The Bertz CT molecular complexity index is 1770. The van der Waals surface area contributed by atoms with Gasteiger partial charge in [0.15, 0.2) is 0 Å². The predicted molar refractivity (Wildman–Crippen MR) is 175 cm³/mol. The average Bonchev–Trinajstić information content (AvgIpc) is 2.94. The van der Waals surface area contributed by atoms with Crippen molar-refractivity contribution in [2.24, 2.45) is 0 Å². The first-order valence-electron chi connectivity index (χ1n) is 14.9. The molecule has 2 aromatic heterocycles. The number of hydrogen-bond donors (Lipinski definition) is 4. The fourth-order valence-electron chi connectivity index (χ4n) is 6.41. The molecular formula is C33H44N6O4. The van der Waals surface area contributed by atoms with E-state index in [4.69, 9.17) is 4.74 Å². The Labute approximate surface area is 252 Å². The number of phenolic OH excluding ortho intramolecular Hbond substituents is 1. The normalized spacial score (nSPS) is 14.2. The van der Waals surface area contributed by atoms with Crippen LogP contribution >= 0.6 is 0 Å². The Hall–Kier alpha value is -3.86. The summed E-state index contributed by atoms with van der Waals surface area (Å²) in [4.78, 5) is 32.1. The number of nitrogens with zero attached hydrogens (tertiary/aromatic N) is 3. The topological polar surface area (TPSA) is 115 Å². The molecule has 0 radical (unpaired) electrons. The highest BCUT2D eigenvalue weighted by Crippen LogP contribution is 2.35. The Morgan fingerprint density at radius 3 is 2.09 bits per heavy atom. The number of fused-ring (bicyclic) bond motifs is 6. The number of nitrogens with one attached hydrogen (secondary N) is 3. The van der Waals surface area contributed by atoms with Crippen LogP contribution in [0.2, 0.25) is 0 Å². The first-order chi connectivity index (χ1) is 20.6. The molecule has 0 spiro atoms. The molecule has 0 unspecified atom stereocenters. The maximum Gasteiger partial charge on any atom is 0.258 e. The number of aromatic hydroxyl groups is 1. The minimum Gasteiger partial charge on any atom is -0.507 e. The third-order valence-electron chi connectivity index (χ3n) is 8.04. The van der Waals surface area contributed by atoms with Gasteiger partial charge in [-0.3, -0.25) is 14.2 Å². The summed E-state index contributed by atoms with van der Waals surface area (Å²) in [6, 6.07) is 8.06. The lowest BCUT2D eigenvalue weighted by Gasteiger charge is -2.24. The van der Waals surface area contributed by atoms with Gasteiger partial charge < -0.3 is 35.3 Å². The van der Waals surface area contributed by atoms with Crippen LogP contribution in [-0.4, -0.2) is 72.8 Å². The monoisotopic (exact) mass is 588 g/mol. The highest BCUT2D eigenvalue weighted by atomic mass is 16.5. The first-order valence-corrected chi connectivity index (χ1v) is 14.9. The molecule has 2 aliphatic heterocycles. The van der Waals surface area contributed by atoms with Crippen molar-refractivity contribution in [3.05, 3.63) is 72.8 Å². The molecule has 4 heterocycles. The van der Waals surface area contributed by atoms with E-state index in [1.54, 1.807) is 17.7 Å². The van der Waals surface area contributed by atoms with E-state index < -0.39 is 0 Å². The maximum atomic E-state index is 12.9. The Morgan fingerprint density at radius 2 is 1.47 bits per heavy atom. The molecule has 4 aromatic rings. The molecule has 10 nitrogen and oxygen atoms in total. The zero-order valence-corrected chi connectivity index (χ0v) is 26.2. The molecule has 2 aromatic carbocycles. The van der Waals surface area contributed by atoms with Gasteiger partial charge in [-0.2, -0.15) is 0 Å². The van der Waals surface area contributed by atoms with Crippen LogP contribution in [0.4, 0.5) is 11.4 Å². The van der Waals surface area contributed by atoms with Gasteiger partial charge in [-0.15, -0.1) is 0 Å². The van der Waals surface area contributed by atoms with Crippen LogP contribution in [0.1, 0.15) is 40.7 Å². The Morgan fingerprint density at radius 1 is 0.860 bits per heavy atom. The molecule has 230 valence electrons. The van der Waals surface area contributed by atoms with Gasteiger partial charge in [0.05, 0.1) is 27.8 Å². The number of H-pyrrole nitrogens is 1. The molecule has 2 aliphatic rings. The molecule has 43 heavy (non-hydrogen) atoms. The Balaban J connectivity index is 0.000000173. The summed E-state index contributed by atoms with van der Waals surface area (Å²) in [6.07, 6.45) is 3.53. The van der Waals surface area contributed by atoms with E-state index in [0.29, 0.717) is 5.52 Å². The van der Waals surface area contributed by atoms with Crippen LogP contribution in [0.15, 0.2) is 33.9 Å². The lowest BCUT2D eigenvalue weighted by molar-refractivity contribution is 0.131. The summed E-state index contributed by atoms with van der Waals surface area (Å²) in [5.74, 6) is 0.223. The van der Waals surface area contributed by atoms with Crippen LogP contribution < -0.4 is 21.8 Å². The van der Waals surface area contributed by atoms with Gasteiger partial charge in [0.1, 0.15) is 12.5 Å². The molecule has 10 heteroatoms. The van der Waals surface area contributed by atoms with Gasteiger partial charge >= 0.3 is 0 Å². The first kappa shape index (κ1) is 30.6. The third kappa shape index (κ3) is 6.27. The lowest BCUT2D eigenvalue weighted by atomic mass is 9.97. The van der Waals surface area contributed by atoms with Crippen molar-refractivity contribution in [1.29, 1.82) is 0 Å². The van der Waals surface area contributed by atoms with Crippen molar-refractivity contribution < 1.29 is 9.84 Å². The van der Waals surface area contributed by atoms with Gasteiger partial charge in [0, 0.05) is 49.8 Å². The fourth-order valence-corrected chi connectivity index (χ4v) is 6.41. The lowest BCUT2D eigenvalue weighted by Crippen LogP contribution is -2.29.